The first kappa shape index (κ1) is 18.7. The predicted octanol–water partition coefficient (Wildman–Crippen LogP) is 3.00. The largest absolute Gasteiger partial charge is 0.472 e. The molecule has 2 aromatic rings. The van der Waals surface area contributed by atoms with Crippen molar-refractivity contribution >= 4 is 11.7 Å². The lowest BCUT2D eigenvalue weighted by molar-refractivity contribution is -0.129. The van der Waals surface area contributed by atoms with Gasteiger partial charge in [-0.15, -0.1) is 0 Å². The number of carbonyl (C=O) groups excluding carboxylic acids is 1. The van der Waals surface area contributed by atoms with E-state index in [9.17, 15) is 4.79 Å². The van der Waals surface area contributed by atoms with Crippen LogP contribution in [0.3, 0.4) is 0 Å². The van der Waals surface area contributed by atoms with Gasteiger partial charge in [0.1, 0.15) is 18.2 Å². The van der Waals surface area contributed by atoms with Gasteiger partial charge >= 0.3 is 0 Å². The van der Waals surface area contributed by atoms with Crippen molar-refractivity contribution in [2.24, 2.45) is 0 Å². The molecule has 6 nitrogen and oxygen atoms in total. The molecule has 1 atom stereocenters. The van der Waals surface area contributed by atoms with Gasteiger partial charge in [0.25, 0.3) is 0 Å². The molecule has 2 aliphatic heterocycles. The number of piperidine rings is 1. The standard InChI is InChI=1S/C22H28N4O2/c1-17-7-3-4-8-18(17)13-22(27)26-12-9-19(15-26)28-21-14-20(23-16-24-21)25-10-5-2-6-11-25/h3-4,7-8,14,16,19H,2,5-6,9-13,15H2,1H3. The van der Waals surface area contributed by atoms with E-state index in [0.717, 1.165) is 43.0 Å². The monoisotopic (exact) mass is 380 g/mol. The van der Waals surface area contributed by atoms with Crippen LogP contribution in [0.4, 0.5) is 5.82 Å². The van der Waals surface area contributed by atoms with Crippen LogP contribution in [0.25, 0.3) is 0 Å². The number of ether oxygens (including phenoxy) is 1. The van der Waals surface area contributed by atoms with Gasteiger partial charge in [-0.25, -0.2) is 9.97 Å². The molecule has 0 N–H and O–H groups in total. The van der Waals surface area contributed by atoms with Gasteiger partial charge in [0.15, 0.2) is 0 Å². The van der Waals surface area contributed by atoms with Crippen LogP contribution in [0, 0.1) is 6.92 Å². The zero-order chi connectivity index (χ0) is 19.3. The second-order valence-corrected chi connectivity index (χ2v) is 7.73. The second-order valence-electron chi connectivity index (χ2n) is 7.73. The predicted molar refractivity (Wildman–Crippen MR) is 109 cm³/mol. The second kappa shape index (κ2) is 8.59. The van der Waals surface area contributed by atoms with E-state index < -0.39 is 0 Å². The fraction of sp³-hybridized carbons (Fsp3) is 0.500. The molecule has 1 unspecified atom stereocenters. The first-order valence-electron chi connectivity index (χ1n) is 10.2. The summed E-state index contributed by atoms with van der Waals surface area (Å²) in [6.07, 6.45) is 6.56. The van der Waals surface area contributed by atoms with Crippen LogP contribution in [-0.4, -0.2) is 53.1 Å². The SMILES string of the molecule is Cc1ccccc1CC(=O)N1CCC(Oc2cc(N3CCCCC3)ncn2)C1. The number of likely N-dealkylation sites (tertiary alicyclic amines) is 1. The molecule has 4 rings (SSSR count). The van der Waals surface area contributed by atoms with Crippen LogP contribution in [0.5, 0.6) is 5.88 Å². The van der Waals surface area contributed by atoms with E-state index in [1.807, 2.05) is 42.2 Å². The summed E-state index contributed by atoms with van der Waals surface area (Å²) in [5, 5.41) is 0. The first-order chi connectivity index (χ1) is 13.7. The maximum absolute atomic E-state index is 12.7. The normalized spacial score (nSPS) is 19.7. The van der Waals surface area contributed by atoms with E-state index in [2.05, 4.69) is 14.9 Å². The van der Waals surface area contributed by atoms with Crippen LogP contribution in [-0.2, 0) is 11.2 Å². The molecule has 1 aromatic heterocycles. The van der Waals surface area contributed by atoms with Crippen molar-refractivity contribution in [3.05, 3.63) is 47.8 Å². The molecule has 2 aliphatic rings. The molecule has 2 fully saturated rings. The minimum Gasteiger partial charge on any atom is -0.472 e. The van der Waals surface area contributed by atoms with Crippen LogP contribution in [0.1, 0.15) is 36.8 Å². The average Bonchev–Trinajstić information content (AvgIpc) is 3.19. The summed E-state index contributed by atoms with van der Waals surface area (Å²) in [6.45, 7) is 5.49. The minimum absolute atomic E-state index is 0.00933. The number of hydrogen-bond acceptors (Lipinski definition) is 5. The van der Waals surface area contributed by atoms with Crippen molar-refractivity contribution in [3.63, 3.8) is 0 Å². The third-order valence-electron chi connectivity index (χ3n) is 5.70. The average molecular weight is 380 g/mol. The number of aromatic nitrogens is 2. The number of aryl methyl sites for hydroxylation is 1. The molecule has 0 bridgehead atoms. The van der Waals surface area contributed by atoms with E-state index in [1.54, 1.807) is 6.33 Å². The Balaban J connectivity index is 1.33. The van der Waals surface area contributed by atoms with Crippen LogP contribution in [0.15, 0.2) is 36.7 Å². The fourth-order valence-electron chi connectivity index (χ4n) is 4.00. The third-order valence-corrected chi connectivity index (χ3v) is 5.70. The molecular formula is C22H28N4O2. The highest BCUT2D eigenvalue weighted by atomic mass is 16.5. The maximum atomic E-state index is 12.7. The summed E-state index contributed by atoms with van der Waals surface area (Å²) in [5.41, 5.74) is 2.26. The Kier molecular flexibility index (Phi) is 5.74. The Hall–Kier alpha value is -2.63. The molecule has 0 aliphatic carbocycles. The summed E-state index contributed by atoms with van der Waals surface area (Å²) in [6, 6.07) is 10.0. The van der Waals surface area contributed by atoms with Gasteiger partial charge in [0, 0.05) is 32.1 Å². The lowest BCUT2D eigenvalue weighted by Gasteiger charge is -2.27. The van der Waals surface area contributed by atoms with Gasteiger partial charge in [-0.05, 0) is 37.3 Å². The molecule has 6 heteroatoms. The van der Waals surface area contributed by atoms with Gasteiger partial charge in [-0.2, -0.15) is 0 Å². The molecule has 0 saturated carbocycles. The highest BCUT2D eigenvalue weighted by Crippen LogP contribution is 2.23. The van der Waals surface area contributed by atoms with Crippen molar-refractivity contribution < 1.29 is 9.53 Å². The molecule has 1 aromatic carbocycles. The number of benzene rings is 1. The number of nitrogens with zero attached hydrogens (tertiary/aromatic N) is 4. The van der Waals surface area contributed by atoms with Gasteiger partial charge in [0.2, 0.25) is 11.8 Å². The molecular weight excluding hydrogens is 352 g/mol. The van der Waals surface area contributed by atoms with Crippen LogP contribution in [0.2, 0.25) is 0 Å². The summed E-state index contributed by atoms with van der Waals surface area (Å²) in [7, 11) is 0. The van der Waals surface area contributed by atoms with Crippen molar-refractivity contribution in [1.82, 2.24) is 14.9 Å². The number of anilines is 1. The molecule has 3 heterocycles. The molecule has 1 amide bonds. The number of rotatable bonds is 5. The highest BCUT2D eigenvalue weighted by Gasteiger charge is 2.28. The number of carbonyl (C=O) groups is 1. The Morgan fingerprint density at radius 1 is 1.14 bits per heavy atom. The molecule has 2 saturated heterocycles. The van der Waals surface area contributed by atoms with Gasteiger partial charge in [0.05, 0.1) is 13.0 Å². The Labute approximate surface area is 166 Å². The smallest absolute Gasteiger partial charge is 0.227 e. The van der Waals surface area contributed by atoms with E-state index in [4.69, 9.17) is 4.74 Å². The minimum atomic E-state index is -0.00933. The topological polar surface area (TPSA) is 58.6 Å². The Morgan fingerprint density at radius 3 is 2.79 bits per heavy atom. The summed E-state index contributed by atoms with van der Waals surface area (Å²) >= 11 is 0. The number of amides is 1. The fourth-order valence-corrected chi connectivity index (χ4v) is 4.00. The quantitative estimate of drug-likeness (QED) is 0.798. The van der Waals surface area contributed by atoms with Gasteiger partial charge in [-0.3, -0.25) is 4.79 Å². The van der Waals surface area contributed by atoms with E-state index >= 15 is 0 Å². The van der Waals surface area contributed by atoms with E-state index in [-0.39, 0.29) is 12.0 Å². The highest BCUT2D eigenvalue weighted by molar-refractivity contribution is 5.79. The molecule has 0 spiro atoms. The van der Waals surface area contributed by atoms with Crippen LogP contribution < -0.4 is 9.64 Å². The zero-order valence-corrected chi connectivity index (χ0v) is 16.5. The van der Waals surface area contributed by atoms with E-state index in [1.165, 1.54) is 19.3 Å². The van der Waals surface area contributed by atoms with Gasteiger partial charge in [-0.1, -0.05) is 24.3 Å². The third kappa shape index (κ3) is 4.43. The summed E-state index contributed by atoms with van der Waals surface area (Å²) in [5.74, 6) is 1.71. The summed E-state index contributed by atoms with van der Waals surface area (Å²) < 4.78 is 6.09. The lowest BCUT2D eigenvalue weighted by Crippen LogP contribution is -2.32. The number of hydrogen-bond donors (Lipinski definition) is 0. The Bertz CT molecular complexity index is 820. The van der Waals surface area contributed by atoms with Crippen molar-refractivity contribution in [3.8, 4) is 5.88 Å². The molecule has 148 valence electrons. The molecule has 0 radical (unpaired) electrons. The lowest BCUT2D eigenvalue weighted by atomic mass is 10.1. The zero-order valence-electron chi connectivity index (χ0n) is 16.5. The molecule has 28 heavy (non-hydrogen) atoms. The van der Waals surface area contributed by atoms with Crippen molar-refractivity contribution in [2.75, 3.05) is 31.1 Å². The van der Waals surface area contributed by atoms with Crippen molar-refractivity contribution in [1.29, 1.82) is 0 Å². The first-order valence-corrected chi connectivity index (χ1v) is 10.2. The van der Waals surface area contributed by atoms with Crippen LogP contribution >= 0.6 is 0 Å². The van der Waals surface area contributed by atoms with Crippen molar-refractivity contribution in [2.45, 2.75) is 45.1 Å². The Morgan fingerprint density at radius 2 is 1.96 bits per heavy atom. The van der Waals surface area contributed by atoms with E-state index in [0.29, 0.717) is 18.8 Å². The summed E-state index contributed by atoms with van der Waals surface area (Å²) in [4.78, 5) is 25.6. The van der Waals surface area contributed by atoms with Gasteiger partial charge < -0.3 is 14.5 Å². The maximum Gasteiger partial charge on any atom is 0.227 e.